The van der Waals surface area contributed by atoms with Gasteiger partial charge in [-0.25, -0.2) is 4.89 Å². The largest absolute Gasteiger partial charge is 0.294 e. The molecule has 0 aromatic rings. The Bertz CT molecular complexity index is 251. The molecule has 18 heavy (non-hydrogen) atoms. The number of allylic oxidation sites excluding steroid dienone is 1. The quantitative estimate of drug-likeness (QED) is 0.288. The van der Waals surface area contributed by atoms with E-state index in [-0.39, 0.29) is 17.3 Å². The zero-order chi connectivity index (χ0) is 14.0. The van der Waals surface area contributed by atoms with Gasteiger partial charge >= 0.3 is 0 Å². The van der Waals surface area contributed by atoms with Crippen molar-refractivity contribution in [1.29, 1.82) is 0 Å². The smallest absolute Gasteiger partial charge is 0.160 e. The first-order valence-electron chi connectivity index (χ1n) is 6.94. The van der Waals surface area contributed by atoms with Gasteiger partial charge in [-0.1, -0.05) is 59.8 Å². The van der Waals surface area contributed by atoms with Gasteiger partial charge in [0.1, 0.15) is 6.10 Å². The number of rotatable bonds is 9. The fourth-order valence-corrected chi connectivity index (χ4v) is 1.58. The van der Waals surface area contributed by atoms with Gasteiger partial charge in [0.05, 0.1) is 0 Å². The van der Waals surface area contributed by atoms with Crippen LogP contribution in [0.15, 0.2) is 12.2 Å². The van der Waals surface area contributed by atoms with Gasteiger partial charge in [0, 0.05) is 5.41 Å². The molecule has 0 amide bonds. The maximum absolute atomic E-state index is 11.7. The molecule has 0 saturated heterocycles. The van der Waals surface area contributed by atoms with Crippen molar-refractivity contribution in [2.75, 3.05) is 0 Å². The van der Waals surface area contributed by atoms with Crippen LogP contribution in [0.2, 0.25) is 0 Å². The summed E-state index contributed by atoms with van der Waals surface area (Å²) >= 11 is 0. The van der Waals surface area contributed by atoms with Gasteiger partial charge in [0.15, 0.2) is 5.78 Å². The van der Waals surface area contributed by atoms with Crippen molar-refractivity contribution >= 4 is 5.78 Å². The zero-order valence-corrected chi connectivity index (χ0v) is 12.2. The third-order valence-electron chi connectivity index (χ3n) is 2.93. The predicted octanol–water partition coefficient (Wildman–Crippen LogP) is 4.38. The Morgan fingerprint density at radius 2 is 1.83 bits per heavy atom. The Morgan fingerprint density at radius 1 is 1.22 bits per heavy atom. The molecule has 106 valence electrons. The van der Waals surface area contributed by atoms with Gasteiger partial charge in [-0.3, -0.25) is 10.1 Å². The second-order valence-corrected chi connectivity index (χ2v) is 5.82. The Labute approximate surface area is 111 Å². The van der Waals surface area contributed by atoms with Gasteiger partial charge < -0.3 is 0 Å². The van der Waals surface area contributed by atoms with E-state index >= 15 is 0 Å². The molecule has 0 bridgehead atoms. The van der Waals surface area contributed by atoms with Crippen molar-refractivity contribution in [2.45, 2.75) is 72.3 Å². The van der Waals surface area contributed by atoms with Crippen molar-refractivity contribution in [1.82, 2.24) is 0 Å². The van der Waals surface area contributed by atoms with E-state index in [1.54, 1.807) is 6.08 Å². The van der Waals surface area contributed by atoms with E-state index in [9.17, 15) is 4.79 Å². The predicted molar refractivity (Wildman–Crippen MR) is 74.5 cm³/mol. The molecule has 0 radical (unpaired) electrons. The first kappa shape index (κ1) is 17.3. The molecule has 0 spiro atoms. The number of unbranched alkanes of at least 4 members (excludes halogenated alkanes) is 4. The molecule has 1 atom stereocenters. The van der Waals surface area contributed by atoms with E-state index in [2.05, 4.69) is 11.8 Å². The lowest BCUT2D eigenvalue weighted by molar-refractivity contribution is -0.267. The average Bonchev–Trinajstić information content (AvgIpc) is 2.31. The fraction of sp³-hybridized carbons (Fsp3) is 0.800. The van der Waals surface area contributed by atoms with E-state index in [0.29, 0.717) is 0 Å². The summed E-state index contributed by atoms with van der Waals surface area (Å²) < 4.78 is 0. The molecular weight excluding hydrogens is 228 g/mol. The minimum atomic E-state index is -0.377. The molecule has 3 nitrogen and oxygen atoms in total. The SMILES string of the molecule is CCCCCCCC(/C=C/C(=O)C(C)(C)C)OO. The monoisotopic (exact) mass is 256 g/mol. The topological polar surface area (TPSA) is 46.5 Å². The number of carbonyl (C=O) groups excluding carboxylic acids is 1. The molecule has 0 aromatic carbocycles. The summed E-state index contributed by atoms with van der Waals surface area (Å²) in [7, 11) is 0. The van der Waals surface area contributed by atoms with Crippen molar-refractivity contribution in [3.8, 4) is 0 Å². The normalized spacial score (nSPS) is 14.1. The molecule has 0 saturated carbocycles. The summed E-state index contributed by atoms with van der Waals surface area (Å²) in [5.41, 5.74) is -0.377. The third-order valence-corrected chi connectivity index (χ3v) is 2.93. The Morgan fingerprint density at radius 3 is 2.33 bits per heavy atom. The summed E-state index contributed by atoms with van der Waals surface area (Å²) in [6.07, 6.45) is 9.43. The molecule has 3 heteroatoms. The van der Waals surface area contributed by atoms with Crippen LogP contribution in [0.5, 0.6) is 0 Å². The molecule has 0 aliphatic carbocycles. The van der Waals surface area contributed by atoms with Gasteiger partial charge in [0.2, 0.25) is 0 Å². The van der Waals surface area contributed by atoms with Gasteiger partial charge in [-0.2, -0.15) is 0 Å². The summed E-state index contributed by atoms with van der Waals surface area (Å²) in [4.78, 5) is 16.1. The molecule has 0 aliphatic rings. The molecule has 1 unspecified atom stereocenters. The number of hydrogen-bond acceptors (Lipinski definition) is 3. The maximum atomic E-state index is 11.7. The van der Waals surface area contributed by atoms with Gasteiger partial charge in [-0.15, -0.1) is 0 Å². The van der Waals surface area contributed by atoms with E-state index in [0.717, 1.165) is 19.3 Å². The van der Waals surface area contributed by atoms with Gasteiger partial charge in [-0.05, 0) is 18.6 Å². The van der Waals surface area contributed by atoms with Gasteiger partial charge in [0.25, 0.3) is 0 Å². The van der Waals surface area contributed by atoms with E-state index in [1.807, 2.05) is 20.8 Å². The fourth-order valence-electron chi connectivity index (χ4n) is 1.58. The zero-order valence-electron chi connectivity index (χ0n) is 12.2. The minimum Gasteiger partial charge on any atom is -0.294 e. The summed E-state index contributed by atoms with van der Waals surface area (Å²) in [6.45, 7) is 7.80. The highest BCUT2D eigenvalue weighted by Crippen LogP contribution is 2.16. The van der Waals surface area contributed by atoms with E-state index < -0.39 is 0 Å². The van der Waals surface area contributed by atoms with Crippen molar-refractivity contribution in [2.24, 2.45) is 5.41 Å². The molecule has 1 N–H and O–H groups in total. The van der Waals surface area contributed by atoms with Crippen LogP contribution >= 0.6 is 0 Å². The van der Waals surface area contributed by atoms with Crippen LogP contribution in [0, 0.1) is 5.41 Å². The van der Waals surface area contributed by atoms with Crippen molar-refractivity contribution in [3.05, 3.63) is 12.2 Å². The Balaban J connectivity index is 3.96. The first-order valence-corrected chi connectivity index (χ1v) is 6.94. The van der Waals surface area contributed by atoms with E-state index in [1.165, 1.54) is 25.3 Å². The molecule has 0 aliphatic heterocycles. The molecular formula is C15H28O3. The van der Waals surface area contributed by atoms with Crippen molar-refractivity contribution in [3.63, 3.8) is 0 Å². The second-order valence-electron chi connectivity index (χ2n) is 5.82. The van der Waals surface area contributed by atoms with E-state index in [4.69, 9.17) is 5.26 Å². The van der Waals surface area contributed by atoms with Crippen LogP contribution in [-0.4, -0.2) is 17.1 Å². The summed E-state index contributed by atoms with van der Waals surface area (Å²) in [6, 6.07) is 0. The second kappa shape index (κ2) is 9.29. The first-order chi connectivity index (χ1) is 8.41. The lowest BCUT2D eigenvalue weighted by Gasteiger charge is -2.14. The van der Waals surface area contributed by atoms with Crippen LogP contribution < -0.4 is 0 Å². The lowest BCUT2D eigenvalue weighted by atomic mass is 9.90. The molecule has 0 fully saturated rings. The minimum absolute atomic E-state index is 0.0514. The number of carbonyl (C=O) groups is 1. The van der Waals surface area contributed by atoms with Crippen molar-refractivity contribution < 1.29 is 14.9 Å². The molecule has 0 heterocycles. The molecule has 0 aromatic heterocycles. The number of ketones is 1. The van der Waals surface area contributed by atoms with Crippen LogP contribution in [0.3, 0.4) is 0 Å². The summed E-state index contributed by atoms with van der Waals surface area (Å²) in [5.74, 6) is 0.0514. The van der Waals surface area contributed by atoms with Crippen LogP contribution in [0.25, 0.3) is 0 Å². The maximum Gasteiger partial charge on any atom is 0.160 e. The molecule has 0 rings (SSSR count). The van der Waals surface area contributed by atoms with Crippen LogP contribution in [0.1, 0.15) is 66.2 Å². The highest BCUT2D eigenvalue weighted by atomic mass is 17.1. The Hall–Kier alpha value is -0.670. The highest BCUT2D eigenvalue weighted by Gasteiger charge is 2.18. The average molecular weight is 256 g/mol. The Kier molecular flexibility index (Phi) is 8.94. The van der Waals surface area contributed by atoms with Crippen LogP contribution in [-0.2, 0) is 9.68 Å². The third kappa shape index (κ3) is 8.43. The lowest BCUT2D eigenvalue weighted by Crippen LogP contribution is -2.18. The highest BCUT2D eigenvalue weighted by molar-refractivity contribution is 5.93. The number of hydrogen-bond donors (Lipinski definition) is 1. The standard InChI is InChI=1S/C15H28O3/c1-5-6-7-8-9-10-13(18-17)11-12-14(16)15(2,3)4/h11-13,17H,5-10H2,1-4H3/b12-11+. The van der Waals surface area contributed by atoms with Crippen LogP contribution in [0.4, 0.5) is 0 Å². The summed E-state index contributed by atoms with van der Waals surface area (Å²) in [5, 5.41) is 8.78.